The van der Waals surface area contributed by atoms with Crippen LogP contribution in [0, 0.1) is 0 Å². The fourth-order valence-corrected chi connectivity index (χ4v) is 1.08. The van der Waals surface area contributed by atoms with Gasteiger partial charge in [-0.05, 0) is 34.6 Å². The summed E-state index contributed by atoms with van der Waals surface area (Å²) in [6.45, 7) is 11.6. The van der Waals surface area contributed by atoms with Crippen molar-refractivity contribution in [2.75, 3.05) is 33.4 Å². The Kier molecular flexibility index (Phi) is 7.95. The molecule has 108 valence electrons. The first-order valence-electron chi connectivity index (χ1n) is 6.36. The Morgan fingerprint density at radius 1 is 1.17 bits per heavy atom. The van der Waals surface area contributed by atoms with E-state index in [-0.39, 0.29) is 12.2 Å². The van der Waals surface area contributed by atoms with Crippen molar-refractivity contribution in [3.63, 3.8) is 0 Å². The lowest BCUT2D eigenvalue weighted by molar-refractivity contribution is 0.00622. The van der Waals surface area contributed by atoms with Gasteiger partial charge in [0.25, 0.3) is 0 Å². The van der Waals surface area contributed by atoms with Gasteiger partial charge in [0.15, 0.2) is 0 Å². The topological polar surface area (TPSA) is 48.0 Å². The molecule has 0 aliphatic heterocycles. The summed E-state index contributed by atoms with van der Waals surface area (Å²) in [4.78, 5) is 13.1. The van der Waals surface area contributed by atoms with E-state index in [9.17, 15) is 4.79 Å². The summed E-state index contributed by atoms with van der Waals surface area (Å²) in [5.41, 5.74) is -0.461. The average molecular weight is 261 g/mol. The highest BCUT2D eigenvalue weighted by molar-refractivity contribution is 5.67. The number of nitrogens with zero attached hydrogens (tertiary/aromatic N) is 1. The fraction of sp³-hybridized carbons (Fsp3) is 0.923. The zero-order valence-corrected chi connectivity index (χ0v) is 12.5. The van der Waals surface area contributed by atoms with Gasteiger partial charge in [-0.1, -0.05) is 0 Å². The van der Waals surface area contributed by atoms with Crippen LogP contribution in [0.4, 0.5) is 4.79 Å². The third kappa shape index (κ3) is 10.4. The van der Waals surface area contributed by atoms with Gasteiger partial charge in [0, 0.05) is 13.6 Å². The quantitative estimate of drug-likeness (QED) is 0.660. The Morgan fingerprint density at radius 2 is 1.78 bits per heavy atom. The summed E-state index contributed by atoms with van der Waals surface area (Å²) in [7, 11) is 1.70. The SMILES string of the molecule is CC(C)OCCOCCN(C)C(=O)OC(C)(C)C. The second-order valence-corrected chi connectivity index (χ2v) is 5.43. The van der Waals surface area contributed by atoms with E-state index in [0.29, 0.717) is 26.4 Å². The number of carbonyl (C=O) groups excluding carboxylic acids is 1. The van der Waals surface area contributed by atoms with Gasteiger partial charge < -0.3 is 19.1 Å². The molecule has 0 saturated carbocycles. The van der Waals surface area contributed by atoms with Gasteiger partial charge >= 0.3 is 6.09 Å². The number of hydrogen-bond donors (Lipinski definition) is 0. The highest BCUT2D eigenvalue weighted by atomic mass is 16.6. The number of ether oxygens (including phenoxy) is 3. The van der Waals surface area contributed by atoms with E-state index in [1.165, 1.54) is 4.90 Å². The number of amides is 1. The number of hydrogen-bond acceptors (Lipinski definition) is 4. The smallest absolute Gasteiger partial charge is 0.410 e. The van der Waals surface area contributed by atoms with Crippen LogP contribution in [0.2, 0.25) is 0 Å². The van der Waals surface area contributed by atoms with Crippen LogP contribution in [0.5, 0.6) is 0 Å². The molecule has 0 aromatic carbocycles. The van der Waals surface area contributed by atoms with Crippen molar-refractivity contribution < 1.29 is 19.0 Å². The van der Waals surface area contributed by atoms with Crippen molar-refractivity contribution in [1.82, 2.24) is 4.90 Å². The van der Waals surface area contributed by atoms with Gasteiger partial charge in [0.2, 0.25) is 0 Å². The first kappa shape index (κ1) is 17.2. The zero-order chi connectivity index (χ0) is 14.2. The van der Waals surface area contributed by atoms with Gasteiger partial charge in [-0.2, -0.15) is 0 Å². The highest BCUT2D eigenvalue weighted by Crippen LogP contribution is 2.08. The van der Waals surface area contributed by atoms with E-state index in [2.05, 4.69) is 0 Å². The van der Waals surface area contributed by atoms with Crippen LogP contribution in [-0.4, -0.2) is 56.1 Å². The minimum Gasteiger partial charge on any atom is -0.444 e. The normalized spacial score (nSPS) is 11.7. The molecule has 0 spiro atoms. The summed E-state index contributed by atoms with van der Waals surface area (Å²) in [5, 5.41) is 0. The van der Waals surface area contributed by atoms with Crippen molar-refractivity contribution in [3.05, 3.63) is 0 Å². The number of likely N-dealkylation sites (N-methyl/N-ethyl adjacent to an activating group) is 1. The van der Waals surface area contributed by atoms with E-state index in [0.717, 1.165) is 0 Å². The summed E-state index contributed by atoms with van der Waals surface area (Å²) in [6.07, 6.45) is -0.109. The number of carbonyl (C=O) groups is 1. The van der Waals surface area contributed by atoms with Crippen molar-refractivity contribution in [1.29, 1.82) is 0 Å². The maximum atomic E-state index is 11.6. The van der Waals surface area contributed by atoms with E-state index in [1.807, 2.05) is 34.6 Å². The highest BCUT2D eigenvalue weighted by Gasteiger charge is 2.19. The van der Waals surface area contributed by atoms with E-state index >= 15 is 0 Å². The van der Waals surface area contributed by atoms with Crippen LogP contribution >= 0.6 is 0 Å². The van der Waals surface area contributed by atoms with Gasteiger partial charge in [0.1, 0.15) is 5.60 Å². The Labute approximate surface area is 110 Å². The summed E-state index contributed by atoms with van der Waals surface area (Å²) >= 11 is 0. The Balaban J connectivity index is 3.58. The lowest BCUT2D eigenvalue weighted by atomic mass is 10.2. The van der Waals surface area contributed by atoms with Gasteiger partial charge in [-0.15, -0.1) is 0 Å². The van der Waals surface area contributed by atoms with Gasteiger partial charge in [-0.3, -0.25) is 0 Å². The molecule has 0 rings (SSSR count). The van der Waals surface area contributed by atoms with Crippen LogP contribution in [-0.2, 0) is 14.2 Å². The third-order valence-corrected chi connectivity index (χ3v) is 1.96. The molecule has 0 bridgehead atoms. The van der Waals surface area contributed by atoms with Gasteiger partial charge in [0.05, 0.1) is 25.9 Å². The molecule has 0 aromatic rings. The van der Waals surface area contributed by atoms with Crippen LogP contribution < -0.4 is 0 Å². The van der Waals surface area contributed by atoms with Gasteiger partial charge in [-0.25, -0.2) is 4.79 Å². The predicted molar refractivity (Wildman–Crippen MR) is 70.8 cm³/mol. The van der Waals surface area contributed by atoms with Crippen molar-refractivity contribution in [2.24, 2.45) is 0 Å². The monoisotopic (exact) mass is 261 g/mol. The lowest BCUT2D eigenvalue weighted by Crippen LogP contribution is -2.36. The predicted octanol–water partition coefficient (Wildman–Crippen LogP) is 2.29. The lowest BCUT2D eigenvalue weighted by Gasteiger charge is -2.24. The maximum Gasteiger partial charge on any atom is 0.410 e. The number of rotatable bonds is 7. The van der Waals surface area contributed by atoms with E-state index in [4.69, 9.17) is 14.2 Å². The molecule has 0 unspecified atom stereocenters. The molecule has 0 heterocycles. The molecular weight excluding hydrogens is 234 g/mol. The molecule has 0 aromatic heterocycles. The summed E-state index contributed by atoms with van der Waals surface area (Å²) in [6, 6.07) is 0. The first-order chi connectivity index (χ1) is 8.22. The molecule has 0 aliphatic carbocycles. The largest absolute Gasteiger partial charge is 0.444 e. The molecule has 5 heteroatoms. The average Bonchev–Trinajstić information content (AvgIpc) is 2.19. The maximum absolute atomic E-state index is 11.6. The van der Waals surface area contributed by atoms with Crippen LogP contribution in [0.15, 0.2) is 0 Å². The van der Waals surface area contributed by atoms with Crippen molar-refractivity contribution >= 4 is 6.09 Å². The Hall–Kier alpha value is -0.810. The summed E-state index contributed by atoms with van der Waals surface area (Å²) < 4.78 is 15.9. The minimum absolute atomic E-state index is 0.220. The molecule has 0 aliphatic rings. The molecule has 0 saturated heterocycles. The molecular formula is C13H27NO4. The molecule has 0 radical (unpaired) electrons. The van der Waals surface area contributed by atoms with E-state index in [1.54, 1.807) is 7.05 Å². The first-order valence-corrected chi connectivity index (χ1v) is 6.36. The molecule has 0 fully saturated rings. The zero-order valence-electron chi connectivity index (χ0n) is 12.5. The minimum atomic E-state index is -0.461. The Bertz CT molecular complexity index is 236. The standard InChI is InChI=1S/C13H27NO4/c1-11(2)17-10-9-16-8-7-14(6)12(15)18-13(3,4)5/h11H,7-10H2,1-6H3. The fourth-order valence-electron chi connectivity index (χ4n) is 1.08. The molecule has 18 heavy (non-hydrogen) atoms. The van der Waals surface area contributed by atoms with Crippen LogP contribution in [0.1, 0.15) is 34.6 Å². The molecule has 5 nitrogen and oxygen atoms in total. The third-order valence-electron chi connectivity index (χ3n) is 1.96. The van der Waals surface area contributed by atoms with Crippen LogP contribution in [0.3, 0.4) is 0 Å². The van der Waals surface area contributed by atoms with Crippen molar-refractivity contribution in [2.45, 2.75) is 46.3 Å². The molecule has 0 N–H and O–H groups in total. The van der Waals surface area contributed by atoms with Crippen LogP contribution in [0.25, 0.3) is 0 Å². The summed E-state index contributed by atoms with van der Waals surface area (Å²) in [5.74, 6) is 0. The molecule has 0 atom stereocenters. The van der Waals surface area contributed by atoms with E-state index < -0.39 is 5.60 Å². The second-order valence-electron chi connectivity index (χ2n) is 5.43. The second kappa shape index (κ2) is 8.32. The molecule has 1 amide bonds. The van der Waals surface area contributed by atoms with Crippen molar-refractivity contribution in [3.8, 4) is 0 Å². The Morgan fingerprint density at radius 3 is 2.28 bits per heavy atom.